The number of halogens is 3. The van der Waals surface area contributed by atoms with Crippen LogP contribution in [0.4, 0.5) is 24.8 Å². The smallest absolute Gasteiger partial charge is 0.339 e. The van der Waals surface area contributed by atoms with Crippen molar-refractivity contribution in [3.8, 4) is 0 Å². The van der Waals surface area contributed by atoms with Gasteiger partial charge in [-0.05, 0) is 61.2 Å². The highest BCUT2D eigenvalue weighted by atomic mass is 19.4. The molecule has 12 heteroatoms. The fourth-order valence-electron chi connectivity index (χ4n) is 5.10. The third kappa shape index (κ3) is 6.06. The monoisotopic (exact) mass is 541 g/mol. The number of carbonyl (C=O) groups excluding carboxylic acids is 2. The molecule has 2 aromatic heterocycles. The second-order valence-electron chi connectivity index (χ2n) is 9.79. The van der Waals surface area contributed by atoms with E-state index in [-0.39, 0.29) is 18.5 Å². The third-order valence-corrected chi connectivity index (χ3v) is 7.19. The number of amides is 2. The molecule has 1 aromatic carbocycles. The van der Waals surface area contributed by atoms with Crippen molar-refractivity contribution in [2.45, 2.75) is 44.3 Å². The van der Waals surface area contributed by atoms with Crippen LogP contribution in [0.1, 0.15) is 48.0 Å². The minimum Gasteiger partial charge on any atom is -0.339 e. The van der Waals surface area contributed by atoms with E-state index in [9.17, 15) is 22.8 Å². The second kappa shape index (κ2) is 11.0. The molecule has 0 radical (unpaired) electrons. The van der Waals surface area contributed by atoms with Gasteiger partial charge in [0, 0.05) is 61.7 Å². The van der Waals surface area contributed by atoms with Crippen LogP contribution in [-0.2, 0) is 4.79 Å². The van der Waals surface area contributed by atoms with E-state index in [0.29, 0.717) is 36.7 Å². The van der Waals surface area contributed by atoms with E-state index in [2.05, 4.69) is 15.4 Å². The van der Waals surface area contributed by atoms with E-state index in [1.54, 1.807) is 35.0 Å². The zero-order valence-corrected chi connectivity index (χ0v) is 21.3. The van der Waals surface area contributed by atoms with Crippen LogP contribution >= 0.6 is 0 Å². The van der Waals surface area contributed by atoms with Crippen LogP contribution in [0.2, 0.25) is 0 Å². The largest absolute Gasteiger partial charge is 0.389 e. The number of aromatic nitrogens is 3. The van der Waals surface area contributed by atoms with Crippen LogP contribution in [-0.4, -0.2) is 74.6 Å². The highest BCUT2D eigenvalue weighted by Crippen LogP contribution is 2.28. The lowest BCUT2D eigenvalue weighted by molar-refractivity contribution is -0.148. The van der Waals surface area contributed by atoms with Gasteiger partial charge in [-0.3, -0.25) is 9.59 Å². The van der Waals surface area contributed by atoms with Crippen LogP contribution in [0, 0.1) is 0 Å². The van der Waals surface area contributed by atoms with Crippen molar-refractivity contribution in [3.63, 3.8) is 0 Å². The molecule has 3 N–H and O–H groups in total. The Morgan fingerprint density at radius 2 is 1.92 bits per heavy atom. The van der Waals surface area contributed by atoms with E-state index in [1.165, 1.54) is 4.90 Å². The average Bonchev–Trinajstić information content (AvgIpc) is 3.58. The SMILES string of the molecule is NCC1CCCN1C(=O)c1ccc(Nc2nc3c(C4=CCN(C(=O)CCC(F)(F)F)CC4)cccn3n2)cc1. The van der Waals surface area contributed by atoms with Crippen molar-refractivity contribution in [3.05, 3.63) is 59.8 Å². The fourth-order valence-corrected chi connectivity index (χ4v) is 5.10. The zero-order valence-electron chi connectivity index (χ0n) is 21.3. The van der Waals surface area contributed by atoms with Crippen LogP contribution in [0.3, 0.4) is 0 Å². The summed E-state index contributed by atoms with van der Waals surface area (Å²) in [5.74, 6) is -0.141. The first-order chi connectivity index (χ1) is 18.7. The molecule has 1 saturated heterocycles. The maximum absolute atomic E-state index is 12.9. The molecule has 3 aromatic rings. The molecule has 1 fully saturated rings. The van der Waals surface area contributed by atoms with Gasteiger partial charge in [0.15, 0.2) is 5.65 Å². The summed E-state index contributed by atoms with van der Waals surface area (Å²) in [7, 11) is 0. The minimum atomic E-state index is -4.34. The average molecular weight is 542 g/mol. The number of hydrogen-bond donors (Lipinski definition) is 2. The standard InChI is InChI=1S/C27H30F3N7O2/c28-27(29,30)12-9-23(38)35-15-10-18(11-16-35)22-4-2-14-37-24(22)33-26(34-37)32-20-7-5-19(6-8-20)25(39)36-13-1-3-21(36)17-31/h2,4-8,10,14,21H,1,3,9,11-13,15-17,31H2,(H,32,34). The highest BCUT2D eigenvalue weighted by Gasteiger charge is 2.30. The molecule has 9 nitrogen and oxygen atoms in total. The summed E-state index contributed by atoms with van der Waals surface area (Å²) in [6.45, 7) is 1.78. The number of alkyl halides is 3. The van der Waals surface area contributed by atoms with Crippen LogP contribution in [0.25, 0.3) is 11.2 Å². The summed E-state index contributed by atoms with van der Waals surface area (Å²) in [5, 5.41) is 7.68. The molecule has 2 aliphatic heterocycles. The molecule has 0 aliphatic carbocycles. The normalized spacial score (nSPS) is 17.9. The Kier molecular flexibility index (Phi) is 7.56. The number of fused-ring (bicyclic) bond motifs is 1. The third-order valence-electron chi connectivity index (χ3n) is 7.19. The number of benzene rings is 1. The first-order valence-corrected chi connectivity index (χ1v) is 13.0. The van der Waals surface area contributed by atoms with Crippen LogP contribution in [0.5, 0.6) is 0 Å². The van der Waals surface area contributed by atoms with Gasteiger partial charge in [0.1, 0.15) is 0 Å². The number of carbonyl (C=O) groups is 2. The van der Waals surface area contributed by atoms with Crippen molar-refractivity contribution in [2.24, 2.45) is 5.73 Å². The minimum absolute atomic E-state index is 0.0219. The molecule has 0 saturated carbocycles. The maximum atomic E-state index is 12.9. The summed E-state index contributed by atoms with van der Waals surface area (Å²) in [6.07, 6.45) is 0.0372. The van der Waals surface area contributed by atoms with Gasteiger partial charge >= 0.3 is 6.18 Å². The van der Waals surface area contributed by atoms with Gasteiger partial charge in [-0.25, -0.2) is 4.52 Å². The Morgan fingerprint density at radius 3 is 2.62 bits per heavy atom. The van der Waals surface area contributed by atoms with Gasteiger partial charge < -0.3 is 20.9 Å². The maximum Gasteiger partial charge on any atom is 0.389 e. The Morgan fingerprint density at radius 1 is 1.13 bits per heavy atom. The Bertz CT molecular complexity index is 1380. The summed E-state index contributed by atoms with van der Waals surface area (Å²) in [5.41, 5.74) is 9.56. The Balaban J connectivity index is 1.26. The number of nitrogens with zero attached hydrogens (tertiary/aromatic N) is 5. The number of anilines is 2. The number of nitrogens with one attached hydrogen (secondary N) is 1. The molecule has 206 valence electrons. The zero-order chi connectivity index (χ0) is 27.6. The predicted octanol–water partition coefficient (Wildman–Crippen LogP) is 3.99. The van der Waals surface area contributed by atoms with Gasteiger partial charge in [-0.1, -0.05) is 6.08 Å². The lowest BCUT2D eigenvalue weighted by Gasteiger charge is -2.27. The molecular formula is C27H30F3N7O2. The molecule has 0 bridgehead atoms. The van der Waals surface area contributed by atoms with Crippen molar-refractivity contribution in [1.29, 1.82) is 0 Å². The van der Waals surface area contributed by atoms with Crippen molar-refractivity contribution in [2.75, 3.05) is 31.5 Å². The van der Waals surface area contributed by atoms with E-state index < -0.39 is 24.9 Å². The Labute approximate surface area is 223 Å². The van der Waals surface area contributed by atoms with Crippen molar-refractivity contribution < 1.29 is 22.8 Å². The molecule has 0 spiro atoms. The number of hydrogen-bond acceptors (Lipinski definition) is 6. The van der Waals surface area contributed by atoms with Crippen LogP contribution < -0.4 is 11.1 Å². The fraction of sp³-hybridized carbons (Fsp3) is 0.407. The quantitative estimate of drug-likeness (QED) is 0.468. The number of rotatable bonds is 7. The molecular weight excluding hydrogens is 511 g/mol. The molecule has 1 atom stereocenters. The second-order valence-corrected chi connectivity index (χ2v) is 9.79. The molecule has 4 heterocycles. The number of nitrogens with two attached hydrogens (primary N) is 1. The molecule has 2 aliphatic rings. The van der Waals surface area contributed by atoms with Gasteiger partial charge in [0.05, 0.1) is 6.42 Å². The highest BCUT2D eigenvalue weighted by molar-refractivity contribution is 5.95. The van der Waals surface area contributed by atoms with Gasteiger partial charge in [-0.15, -0.1) is 5.10 Å². The number of pyridine rings is 1. The molecule has 2 amide bonds. The first-order valence-electron chi connectivity index (χ1n) is 13.0. The molecule has 39 heavy (non-hydrogen) atoms. The summed E-state index contributed by atoms with van der Waals surface area (Å²) in [4.78, 5) is 33.0. The number of likely N-dealkylation sites (tertiary alicyclic amines) is 1. The lowest BCUT2D eigenvalue weighted by Crippen LogP contribution is -2.39. The van der Waals surface area contributed by atoms with E-state index in [0.717, 1.165) is 36.2 Å². The van der Waals surface area contributed by atoms with Crippen LogP contribution in [0.15, 0.2) is 48.7 Å². The molecule has 1 unspecified atom stereocenters. The van der Waals surface area contributed by atoms with E-state index in [4.69, 9.17) is 5.73 Å². The van der Waals surface area contributed by atoms with Gasteiger partial charge in [0.25, 0.3) is 5.91 Å². The summed E-state index contributed by atoms with van der Waals surface area (Å²) in [6, 6.07) is 11.0. The van der Waals surface area contributed by atoms with E-state index in [1.807, 2.05) is 23.1 Å². The Hall–Kier alpha value is -3.93. The van der Waals surface area contributed by atoms with Gasteiger partial charge in [0.2, 0.25) is 11.9 Å². The summed E-state index contributed by atoms with van der Waals surface area (Å²) < 4.78 is 39.0. The van der Waals surface area contributed by atoms with E-state index >= 15 is 0 Å². The topological polar surface area (TPSA) is 109 Å². The van der Waals surface area contributed by atoms with Crippen molar-refractivity contribution in [1.82, 2.24) is 24.4 Å². The lowest BCUT2D eigenvalue weighted by atomic mass is 10.00. The van der Waals surface area contributed by atoms with Gasteiger partial charge in [-0.2, -0.15) is 18.2 Å². The van der Waals surface area contributed by atoms with Crippen molar-refractivity contribution >= 4 is 34.7 Å². The summed E-state index contributed by atoms with van der Waals surface area (Å²) >= 11 is 0. The predicted molar refractivity (Wildman–Crippen MR) is 140 cm³/mol. The molecule has 5 rings (SSSR count). The first kappa shape index (κ1) is 26.7.